The van der Waals surface area contributed by atoms with Gasteiger partial charge >= 0.3 is 5.97 Å². The highest BCUT2D eigenvalue weighted by Gasteiger charge is 2.43. The van der Waals surface area contributed by atoms with Gasteiger partial charge in [-0.05, 0) is 12.1 Å². The van der Waals surface area contributed by atoms with Gasteiger partial charge in [0, 0.05) is 32.4 Å². The Bertz CT molecular complexity index is 646. The minimum Gasteiger partial charge on any atom is -0.486 e. The van der Waals surface area contributed by atoms with E-state index < -0.39 is 11.6 Å². The smallest absolute Gasteiger partial charge is 0.303 e. The van der Waals surface area contributed by atoms with E-state index in [1.54, 1.807) is 17.0 Å². The van der Waals surface area contributed by atoms with E-state index in [0.717, 1.165) is 0 Å². The van der Waals surface area contributed by atoms with Crippen LogP contribution in [-0.2, 0) is 9.59 Å². The van der Waals surface area contributed by atoms with E-state index in [9.17, 15) is 14.4 Å². The number of Topliss-reactive ketones (excluding diaryl/α,β-unsaturated/α-hetero) is 1. The van der Waals surface area contributed by atoms with Crippen molar-refractivity contribution < 1.29 is 24.2 Å². The summed E-state index contributed by atoms with van der Waals surface area (Å²) in [5.74, 6) is -0.415. The van der Waals surface area contributed by atoms with Gasteiger partial charge in [-0.15, -0.1) is 0 Å². The summed E-state index contributed by atoms with van der Waals surface area (Å²) in [6.07, 6.45) is 1.38. The summed E-state index contributed by atoms with van der Waals surface area (Å²) in [5, 5.41) is 8.65. The summed E-state index contributed by atoms with van der Waals surface area (Å²) >= 11 is 0. The first-order valence-electron chi connectivity index (χ1n) is 7.80. The topological polar surface area (TPSA) is 83.9 Å². The summed E-state index contributed by atoms with van der Waals surface area (Å²) in [7, 11) is 0. The number of ether oxygens (including phenoxy) is 1. The normalized spacial score (nSPS) is 19.1. The van der Waals surface area contributed by atoms with Gasteiger partial charge in [0.2, 0.25) is 5.91 Å². The van der Waals surface area contributed by atoms with Crippen molar-refractivity contribution in [2.75, 3.05) is 13.1 Å². The highest BCUT2D eigenvalue weighted by Crippen LogP contribution is 2.39. The van der Waals surface area contributed by atoms with Crippen LogP contribution >= 0.6 is 0 Å². The lowest BCUT2D eigenvalue weighted by Gasteiger charge is -2.44. The summed E-state index contributed by atoms with van der Waals surface area (Å²) in [5.41, 5.74) is 0.0905. The zero-order chi connectivity index (χ0) is 16.4. The zero-order valence-electron chi connectivity index (χ0n) is 12.8. The van der Waals surface area contributed by atoms with Crippen molar-refractivity contribution in [3.63, 3.8) is 0 Å². The minimum absolute atomic E-state index is 0.0188. The number of fused-ring (bicyclic) bond motifs is 1. The second-order valence-electron chi connectivity index (χ2n) is 6.16. The lowest BCUT2D eigenvalue weighted by Crippen LogP contribution is -2.52. The number of para-hydroxylation sites is 1. The Morgan fingerprint density at radius 2 is 1.87 bits per heavy atom. The van der Waals surface area contributed by atoms with E-state index in [0.29, 0.717) is 43.7 Å². The number of amides is 1. The average molecular weight is 317 g/mol. The van der Waals surface area contributed by atoms with E-state index in [1.807, 2.05) is 12.1 Å². The molecule has 6 nitrogen and oxygen atoms in total. The van der Waals surface area contributed by atoms with Crippen molar-refractivity contribution in [1.29, 1.82) is 0 Å². The van der Waals surface area contributed by atoms with Gasteiger partial charge < -0.3 is 14.7 Å². The number of piperidine rings is 1. The van der Waals surface area contributed by atoms with Crippen molar-refractivity contribution in [3.8, 4) is 5.75 Å². The Morgan fingerprint density at radius 3 is 2.57 bits per heavy atom. The molecule has 0 unspecified atom stereocenters. The van der Waals surface area contributed by atoms with Crippen molar-refractivity contribution in [2.45, 2.75) is 37.7 Å². The molecule has 0 aromatic heterocycles. The Hall–Kier alpha value is -2.37. The molecule has 2 heterocycles. The number of benzene rings is 1. The first-order chi connectivity index (χ1) is 11.0. The fraction of sp³-hybridized carbons (Fsp3) is 0.471. The molecule has 6 heteroatoms. The van der Waals surface area contributed by atoms with Gasteiger partial charge in [-0.25, -0.2) is 0 Å². The first-order valence-corrected chi connectivity index (χ1v) is 7.80. The van der Waals surface area contributed by atoms with Crippen LogP contribution in [0.1, 0.15) is 42.5 Å². The summed E-state index contributed by atoms with van der Waals surface area (Å²) in [6.45, 7) is 0.988. The van der Waals surface area contributed by atoms with E-state index in [-0.39, 0.29) is 24.5 Å². The molecule has 1 fully saturated rings. The number of hydrogen-bond acceptors (Lipinski definition) is 4. The molecule has 0 saturated carbocycles. The molecule has 1 saturated heterocycles. The molecule has 3 rings (SSSR count). The fourth-order valence-electron chi connectivity index (χ4n) is 3.26. The molecule has 1 aromatic rings. The molecule has 2 aliphatic rings. The molecular formula is C17H19NO5. The third kappa shape index (κ3) is 3.21. The number of aliphatic carboxylic acids is 1. The maximum Gasteiger partial charge on any atom is 0.303 e. The van der Waals surface area contributed by atoms with Crippen molar-refractivity contribution in [1.82, 2.24) is 4.90 Å². The van der Waals surface area contributed by atoms with Gasteiger partial charge in [-0.2, -0.15) is 0 Å². The third-order valence-corrected chi connectivity index (χ3v) is 4.58. The van der Waals surface area contributed by atoms with E-state index in [4.69, 9.17) is 9.84 Å². The number of carbonyl (C=O) groups excluding carboxylic acids is 2. The summed E-state index contributed by atoms with van der Waals surface area (Å²) in [6, 6.07) is 7.24. The zero-order valence-corrected chi connectivity index (χ0v) is 12.8. The maximum atomic E-state index is 12.3. The van der Waals surface area contributed by atoms with Crippen LogP contribution in [0.25, 0.3) is 0 Å². The van der Waals surface area contributed by atoms with Crippen LogP contribution in [0.3, 0.4) is 0 Å². The predicted octanol–water partition coefficient (Wildman–Crippen LogP) is 1.88. The van der Waals surface area contributed by atoms with Crippen molar-refractivity contribution >= 4 is 17.7 Å². The van der Waals surface area contributed by atoms with Crippen LogP contribution in [-0.4, -0.2) is 46.4 Å². The quantitative estimate of drug-likeness (QED) is 0.920. The largest absolute Gasteiger partial charge is 0.486 e. The van der Waals surface area contributed by atoms with Gasteiger partial charge in [0.1, 0.15) is 11.4 Å². The molecule has 23 heavy (non-hydrogen) atoms. The molecule has 1 spiro atoms. The lowest BCUT2D eigenvalue weighted by atomic mass is 9.82. The number of carboxylic acids is 1. The van der Waals surface area contributed by atoms with Gasteiger partial charge in [0.25, 0.3) is 0 Å². The standard InChI is InChI=1S/C17H19NO5/c19-13-11-17(23-14-4-2-1-3-12(13)14)7-9-18(10-8-17)15(20)5-6-16(21)22/h1-4H,5-11H2,(H,21,22). The number of hydrogen-bond donors (Lipinski definition) is 1. The molecule has 0 radical (unpaired) electrons. The number of carboxylic acid groups (broad SMARTS) is 1. The van der Waals surface area contributed by atoms with Crippen LogP contribution in [0.15, 0.2) is 24.3 Å². The van der Waals surface area contributed by atoms with Gasteiger partial charge in [-0.3, -0.25) is 14.4 Å². The van der Waals surface area contributed by atoms with Crippen LogP contribution in [0.5, 0.6) is 5.75 Å². The Kier molecular flexibility index (Phi) is 4.07. The molecule has 0 bridgehead atoms. The van der Waals surface area contributed by atoms with Crippen LogP contribution in [0.2, 0.25) is 0 Å². The summed E-state index contributed by atoms with van der Waals surface area (Å²) < 4.78 is 6.10. The second-order valence-corrected chi connectivity index (χ2v) is 6.16. The van der Waals surface area contributed by atoms with Gasteiger partial charge in [0.05, 0.1) is 18.4 Å². The molecule has 1 aromatic carbocycles. The predicted molar refractivity (Wildman–Crippen MR) is 81.4 cm³/mol. The minimum atomic E-state index is -0.968. The van der Waals surface area contributed by atoms with Crippen LogP contribution < -0.4 is 4.74 Å². The van der Waals surface area contributed by atoms with Crippen molar-refractivity contribution in [2.24, 2.45) is 0 Å². The SMILES string of the molecule is O=C(O)CCC(=O)N1CCC2(CC1)CC(=O)c1ccccc1O2. The fourth-order valence-corrected chi connectivity index (χ4v) is 3.26. The highest BCUT2D eigenvalue weighted by atomic mass is 16.5. The van der Waals surface area contributed by atoms with Gasteiger partial charge in [0.15, 0.2) is 5.78 Å². The summed E-state index contributed by atoms with van der Waals surface area (Å²) in [4.78, 5) is 36.5. The maximum absolute atomic E-state index is 12.3. The Balaban J connectivity index is 1.64. The van der Waals surface area contributed by atoms with E-state index in [2.05, 4.69) is 0 Å². The average Bonchev–Trinajstić information content (AvgIpc) is 2.53. The molecule has 1 amide bonds. The van der Waals surface area contributed by atoms with Crippen LogP contribution in [0.4, 0.5) is 0 Å². The highest BCUT2D eigenvalue weighted by molar-refractivity contribution is 6.00. The number of carbonyl (C=O) groups is 3. The molecular weight excluding hydrogens is 298 g/mol. The lowest BCUT2D eigenvalue weighted by molar-refractivity contribution is -0.142. The molecule has 2 aliphatic heterocycles. The Labute approximate surface area is 134 Å². The molecule has 0 atom stereocenters. The van der Waals surface area contributed by atoms with E-state index in [1.165, 1.54) is 0 Å². The van der Waals surface area contributed by atoms with Gasteiger partial charge in [-0.1, -0.05) is 12.1 Å². The first kappa shape index (κ1) is 15.5. The molecule has 122 valence electrons. The number of likely N-dealkylation sites (tertiary alicyclic amines) is 1. The molecule has 0 aliphatic carbocycles. The third-order valence-electron chi connectivity index (χ3n) is 4.58. The number of rotatable bonds is 3. The second kappa shape index (κ2) is 6.02. The monoisotopic (exact) mass is 317 g/mol. The van der Waals surface area contributed by atoms with Crippen molar-refractivity contribution in [3.05, 3.63) is 29.8 Å². The number of nitrogens with zero attached hydrogens (tertiary/aromatic N) is 1. The Morgan fingerprint density at radius 1 is 1.17 bits per heavy atom. The van der Waals surface area contributed by atoms with E-state index >= 15 is 0 Å². The number of ketones is 1. The molecule has 1 N–H and O–H groups in total. The van der Waals surface area contributed by atoms with Crippen LogP contribution in [0, 0.1) is 0 Å².